The summed E-state index contributed by atoms with van der Waals surface area (Å²) in [7, 11) is 2.09. The molecule has 3 aromatic heterocycles. The first-order valence-electron chi connectivity index (χ1n) is 9.16. The molecular weight excluding hydrogens is 336 g/mol. The van der Waals surface area contributed by atoms with Crippen LogP contribution in [0.4, 0.5) is 0 Å². The van der Waals surface area contributed by atoms with E-state index in [2.05, 4.69) is 44.7 Å². The Hall–Kier alpha value is -3.12. The summed E-state index contributed by atoms with van der Waals surface area (Å²) in [5, 5.41) is 0. The number of hydrogen-bond donors (Lipinski definition) is 0. The fraction of sp³-hybridized carbons (Fsp3) is 0.238. The van der Waals surface area contributed by atoms with E-state index in [1.807, 2.05) is 24.4 Å². The van der Waals surface area contributed by atoms with Gasteiger partial charge in [-0.1, -0.05) is 12.1 Å². The third kappa shape index (κ3) is 2.98. The highest BCUT2D eigenvalue weighted by Crippen LogP contribution is 2.22. The van der Waals surface area contributed by atoms with Crippen molar-refractivity contribution < 1.29 is 0 Å². The lowest BCUT2D eigenvalue weighted by Gasteiger charge is -2.27. The molecule has 0 radical (unpaired) electrons. The minimum absolute atomic E-state index is 0.778. The second-order valence-electron chi connectivity index (χ2n) is 6.94. The zero-order valence-corrected chi connectivity index (χ0v) is 15.2. The summed E-state index contributed by atoms with van der Waals surface area (Å²) < 4.78 is 2.19. The van der Waals surface area contributed by atoms with Gasteiger partial charge in [0.05, 0.1) is 23.3 Å². The molecule has 134 valence electrons. The molecule has 0 unspecified atom stereocenters. The van der Waals surface area contributed by atoms with Crippen molar-refractivity contribution in [3.05, 3.63) is 72.1 Å². The number of imidazole rings is 1. The third-order valence-electron chi connectivity index (χ3n) is 5.20. The second kappa shape index (κ2) is 6.55. The predicted octanol–water partition coefficient (Wildman–Crippen LogP) is 2.98. The first-order chi connectivity index (χ1) is 13.3. The smallest absolute Gasteiger partial charge is 0.159 e. The van der Waals surface area contributed by atoms with Gasteiger partial charge in [0.2, 0.25) is 0 Å². The molecule has 0 saturated carbocycles. The van der Waals surface area contributed by atoms with E-state index in [1.54, 1.807) is 12.4 Å². The highest BCUT2D eigenvalue weighted by atomic mass is 15.2. The third-order valence-corrected chi connectivity index (χ3v) is 5.20. The molecule has 0 bridgehead atoms. The van der Waals surface area contributed by atoms with E-state index in [0.717, 1.165) is 54.5 Å². The maximum Gasteiger partial charge on any atom is 0.159 e. The van der Waals surface area contributed by atoms with Gasteiger partial charge in [-0.05, 0) is 24.3 Å². The Bertz CT molecular complexity index is 1100. The van der Waals surface area contributed by atoms with E-state index in [9.17, 15) is 0 Å². The standard InChI is InChI=1S/C21H20N6/c1-26-19-5-3-2-4-18(19)24-20(26)14-27-11-8-17-16(13-27)12-23-21(25-17)15-6-9-22-10-7-15/h2-7,9-10,12H,8,11,13-14H2,1H3. The molecule has 1 aromatic carbocycles. The minimum atomic E-state index is 0.778. The van der Waals surface area contributed by atoms with Crippen LogP contribution in [-0.4, -0.2) is 35.9 Å². The summed E-state index contributed by atoms with van der Waals surface area (Å²) in [5.74, 6) is 1.87. The largest absolute Gasteiger partial charge is 0.330 e. The van der Waals surface area contributed by atoms with Gasteiger partial charge in [-0.15, -0.1) is 0 Å². The molecule has 5 rings (SSSR count). The van der Waals surface area contributed by atoms with Gasteiger partial charge < -0.3 is 4.57 Å². The number of para-hydroxylation sites is 2. The Morgan fingerprint density at radius 1 is 1.04 bits per heavy atom. The zero-order valence-electron chi connectivity index (χ0n) is 15.2. The van der Waals surface area contributed by atoms with Crippen LogP contribution in [0.15, 0.2) is 55.0 Å². The summed E-state index contributed by atoms with van der Waals surface area (Å²) in [6, 6.07) is 12.2. The quantitative estimate of drug-likeness (QED) is 0.565. The number of aromatic nitrogens is 5. The van der Waals surface area contributed by atoms with E-state index < -0.39 is 0 Å². The van der Waals surface area contributed by atoms with Crippen molar-refractivity contribution in [3.8, 4) is 11.4 Å². The Morgan fingerprint density at radius 3 is 2.74 bits per heavy atom. The SMILES string of the molecule is Cn1c(CN2CCc3nc(-c4ccncc4)ncc3C2)nc2ccccc21. The van der Waals surface area contributed by atoms with E-state index >= 15 is 0 Å². The van der Waals surface area contributed by atoms with Crippen molar-refractivity contribution in [1.82, 2.24) is 29.4 Å². The molecule has 0 amide bonds. The van der Waals surface area contributed by atoms with Crippen molar-refractivity contribution in [3.63, 3.8) is 0 Å². The molecular formula is C21H20N6. The predicted molar refractivity (Wildman–Crippen MR) is 104 cm³/mol. The van der Waals surface area contributed by atoms with Crippen LogP contribution in [0.3, 0.4) is 0 Å². The van der Waals surface area contributed by atoms with Crippen molar-refractivity contribution in [2.24, 2.45) is 7.05 Å². The normalized spacial score (nSPS) is 14.4. The van der Waals surface area contributed by atoms with Gasteiger partial charge in [-0.3, -0.25) is 9.88 Å². The van der Waals surface area contributed by atoms with Crippen LogP contribution < -0.4 is 0 Å². The van der Waals surface area contributed by atoms with Crippen LogP contribution in [0.5, 0.6) is 0 Å². The van der Waals surface area contributed by atoms with Crippen LogP contribution in [0.1, 0.15) is 17.1 Å². The summed E-state index contributed by atoms with van der Waals surface area (Å²) in [6.07, 6.45) is 6.45. The molecule has 0 N–H and O–H groups in total. The maximum atomic E-state index is 4.80. The fourth-order valence-corrected chi connectivity index (χ4v) is 3.69. The monoisotopic (exact) mass is 356 g/mol. The van der Waals surface area contributed by atoms with E-state index in [1.165, 1.54) is 11.1 Å². The summed E-state index contributed by atoms with van der Waals surface area (Å²) >= 11 is 0. The average molecular weight is 356 g/mol. The summed E-state index contributed by atoms with van der Waals surface area (Å²) in [4.78, 5) is 20.6. The average Bonchev–Trinajstić information content (AvgIpc) is 3.04. The van der Waals surface area contributed by atoms with Gasteiger partial charge in [-0.25, -0.2) is 15.0 Å². The molecule has 4 aromatic rings. The Labute approximate surface area is 157 Å². The highest BCUT2D eigenvalue weighted by molar-refractivity contribution is 5.75. The molecule has 0 aliphatic carbocycles. The lowest BCUT2D eigenvalue weighted by Crippen LogP contribution is -2.31. The Morgan fingerprint density at radius 2 is 1.89 bits per heavy atom. The first kappa shape index (κ1) is 16.1. The molecule has 6 heteroatoms. The van der Waals surface area contributed by atoms with Gasteiger partial charge in [0.25, 0.3) is 0 Å². The van der Waals surface area contributed by atoms with Crippen LogP contribution >= 0.6 is 0 Å². The first-order valence-corrected chi connectivity index (χ1v) is 9.16. The molecule has 27 heavy (non-hydrogen) atoms. The molecule has 0 spiro atoms. The number of benzene rings is 1. The second-order valence-corrected chi connectivity index (χ2v) is 6.94. The number of hydrogen-bond acceptors (Lipinski definition) is 5. The number of pyridine rings is 1. The van der Waals surface area contributed by atoms with Crippen LogP contribution in [0.2, 0.25) is 0 Å². The zero-order chi connectivity index (χ0) is 18.2. The Kier molecular flexibility index (Phi) is 3.90. The highest BCUT2D eigenvalue weighted by Gasteiger charge is 2.20. The van der Waals surface area contributed by atoms with E-state index in [4.69, 9.17) is 9.97 Å². The summed E-state index contributed by atoms with van der Waals surface area (Å²) in [5.41, 5.74) is 5.60. The fourth-order valence-electron chi connectivity index (χ4n) is 3.69. The molecule has 4 heterocycles. The van der Waals surface area contributed by atoms with Crippen LogP contribution in [-0.2, 0) is 26.6 Å². The minimum Gasteiger partial charge on any atom is -0.330 e. The topological polar surface area (TPSA) is 59.7 Å². The van der Waals surface area contributed by atoms with Gasteiger partial charge in [0.1, 0.15) is 5.82 Å². The molecule has 1 aliphatic heterocycles. The van der Waals surface area contributed by atoms with Gasteiger partial charge in [0.15, 0.2) is 5.82 Å². The van der Waals surface area contributed by atoms with Crippen molar-refractivity contribution in [1.29, 1.82) is 0 Å². The van der Waals surface area contributed by atoms with E-state index in [0.29, 0.717) is 0 Å². The maximum absolute atomic E-state index is 4.80. The number of nitrogens with zero attached hydrogens (tertiary/aromatic N) is 6. The van der Waals surface area contributed by atoms with Gasteiger partial charge >= 0.3 is 0 Å². The molecule has 6 nitrogen and oxygen atoms in total. The van der Waals surface area contributed by atoms with Crippen molar-refractivity contribution in [2.75, 3.05) is 6.54 Å². The van der Waals surface area contributed by atoms with Crippen LogP contribution in [0, 0.1) is 0 Å². The van der Waals surface area contributed by atoms with Crippen molar-refractivity contribution >= 4 is 11.0 Å². The number of aryl methyl sites for hydroxylation is 1. The van der Waals surface area contributed by atoms with Gasteiger partial charge in [-0.2, -0.15) is 0 Å². The number of rotatable bonds is 3. The summed E-state index contributed by atoms with van der Waals surface area (Å²) in [6.45, 7) is 2.66. The lowest BCUT2D eigenvalue weighted by molar-refractivity contribution is 0.235. The van der Waals surface area contributed by atoms with Gasteiger partial charge in [0, 0.05) is 56.3 Å². The van der Waals surface area contributed by atoms with Crippen LogP contribution in [0.25, 0.3) is 22.4 Å². The molecule has 0 fully saturated rings. The molecule has 1 aliphatic rings. The Balaban J connectivity index is 1.37. The van der Waals surface area contributed by atoms with E-state index in [-0.39, 0.29) is 0 Å². The number of fused-ring (bicyclic) bond motifs is 2. The lowest BCUT2D eigenvalue weighted by atomic mass is 10.1. The van der Waals surface area contributed by atoms with Crippen molar-refractivity contribution in [2.45, 2.75) is 19.5 Å². The molecule has 0 saturated heterocycles. The molecule has 0 atom stereocenters.